The average Bonchev–Trinajstić information content (AvgIpc) is 3.02. The number of likely N-dealkylation sites (tertiary alicyclic amines) is 1. The molecule has 1 aromatic carbocycles. The number of carbonyl (C=O) groups excluding carboxylic acids is 2. The molecule has 0 radical (unpaired) electrons. The molecule has 0 aromatic heterocycles. The molecule has 2 heterocycles. The molecule has 0 aliphatic carbocycles. The minimum Gasteiger partial charge on any atom is -0.454 e. The summed E-state index contributed by atoms with van der Waals surface area (Å²) in [7, 11) is 1.81. The van der Waals surface area contributed by atoms with Crippen LogP contribution in [-0.2, 0) is 4.79 Å². The van der Waals surface area contributed by atoms with Gasteiger partial charge in [-0.1, -0.05) is 11.6 Å². The third-order valence-electron chi connectivity index (χ3n) is 4.47. The monoisotopic (exact) mass is 338 g/mol. The highest BCUT2D eigenvalue weighted by Gasteiger charge is 2.28. The summed E-state index contributed by atoms with van der Waals surface area (Å²) in [4.78, 5) is 27.6. The number of halogens is 1. The van der Waals surface area contributed by atoms with Crippen molar-refractivity contribution in [2.75, 3.05) is 26.9 Å². The standard InChI is InChI=1S/C16H19ClN2O4/c1-10(20)18(2)12-3-5-19(6-4-12)16(21)11-7-13(17)15-14(8-11)22-9-23-15/h7-8,12H,3-6,9H2,1-2H3. The van der Waals surface area contributed by atoms with Crippen molar-refractivity contribution in [3.63, 3.8) is 0 Å². The van der Waals surface area contributed by atoms with E-state index in [1.807, 2.05) is 7.05 Å². The Balaban J connectivity index is 1.68. The molecule has 0 N–H and O–H groups in total. The van der Waals surface area contributed by atoms with Crippen LogP contribution in [0, 0.1) is 0 Å². The van der Waals surface area contributed by atoms with Gasteiger partial charge >= 0.3 is 0 Å². The Bertz CT molecular complexity index is 641. The van der Waals surface area contributed by atoms with Crippen molar-refractivity contribution in [1.82, 2.24) is 9.80 Å². The lowest BCUT2D eigenvalue weighted by molar-refractivity contribution is -0.130. The van der Waals surface area contributed by atoms with Crippen LogP contribution in [0.15, 0.2) is 12.1 Å². The Morgan fingerprint density at radius 2 is 1.96 bits per heavy atom. The summed E-state index contributed by atoms with van der Waals surface area (Å²) in [6, 6.07) is 3.48. The van der Waals surface area contributed by atoms with Gasteiger partial charge in [0.25, 0.3) is 5.91 Å². The lowest BCUT2D eigenvalue weighted by Gasteiger charge is -2.36. The highest BCUT2D eigenvalue weighted by molar-refractivity contribution is 6.32. The van der Waals surface area contributed by atoms with Gasteiger partial charge in [0.15, 0.2) is 11.5 Å². The SMILES string of the molecule is CC(=O)N(C)C1CCN(C(=O)c2cc(Cl)c3c(c2)OCO3)CC1. The van der Waals surface area contributed by atoms with E-state index in [4.69, 9.17) is 21.1 Å². The Hall–Kier alpha value is -1.95. The molecule has 0 bridgehead atoms. The van der Waals surface area contributed by atoms with Gasteiger partial charge in [0.1, 0.15) is 0 Å². The van der Waals surface area contributed by atoms with Gasteiger partial charge in [-0.15, -0.1) is 0 Å². The zero-order valence-corrected chi connectivity index (χ0v) is 13.9. The summed E-state index contributed by atoms with van der Waals surface area (Å²) in [6.45, 7) is 2.92. The molecule has 0 unspecified atom stereocenters. The number of ether oxygens (including phenoxy) is 2. The maximum Gasteiger partial charge on any atom is 0.254 e. The first-order valence-electron chi connectivity index (χ1n) is 7.59. The van der Waals surface area contributed by atoms with Crippen LogP contribution in [0.1, 0.15) is 30.1 Å². The average molecular weight is 339 g/mol. The van der Waals surface area contributed by atoms with Crippen LogP contribution >= 0.6 is 11.6 Å². The van der Waals surface area contributed by atoms with E-state index in [-0.39, 0.29) is 24.6 Å². The molecule has 0 spiro atoms. The number of carbonyl (C=O) groups is 2. The van der Waals surface area contributed by atoms with E-state index in [0.29, 0.717) is 35.2 Å². The minimum absolute atomic E-state index is 0.0531. The molecule has 1 aromatic rings. The molecule has 2 amide bonds. The number of piperidine rings is 1. The fourth-order valence-corrected chi connectivity index (χ4v) is 3.25. The first kappa shape index (κ1) is 15.9. The molecule has 124 valence electrons. The molecule has 6 nitrogen and oxygen atoms in total. The molecule has 2 aliphatic rings. The number of amides is 2. The van der Waals surface area contributed by atoms with Crippen molar-refractivity contribution in [3.05, 3.63) is 22.7 Å². The predicted molar refractivity (Wildman–Crippen MR) is 84.9 cm³/mol. The van der Waals surface area contributed by atoms with Gasteiger partial charge in [0, 0.05) is 38.7 Å². The highest BCUT2D eigenvalue weighted by atomic mass is 35.5. The second-order valence-corrected chi connectivity index (χ2v) is 6.25. The van der Waals surface area contributed by atoms with Gasteiger partial charge in [-0.3, -0.25) is 9.59 Å². The minimum atomic E-state index is -0.0749. The fraction of sp³-hybridized carbons (Fsp3) is 0.500. The van der Waals surface area contributed by atoms with Crippen molar-refractivity contribution < 1.29 is 19.1 Å². The third kappa shape index (κ3) is 3.08. The first-order chi connectivity index (χ1) is 11.0. The highest BCUT2D eigenvalue weighted by Crippen LogP contribution is 2.40. The van der Waals surface area contributed by atoms with Crippen molar-refractivity contribution in [2.24, 2.45) is 0 Å². The van der Waals surface area contributed by atoms with Crippen molar-refractivity contribution in [3.8, 4) is 11.5 Å². The normalized spacial score (nSPS) is 17.3. The van der Waals surface area contributed by atoms with E-state index in [1.165, 1.54) is 0 Å². The van der Waals surface area contributed by atoms with E-state index in [1.54, 1.807) is 28.9 Å². The van der Waals surface area contributed by atoms with Gasteiger partial charge in [-0.25, -0.2) is 0 Å². The van der Waals surface area contributed by atoms with Crippen LogP contribution in [0.25, 0.3) is 0 Å². The van der Waals surface area contributed by atoms with E-state index >= 15 is 0 Å². The van der Waals surface area contributed by atoms with Crippen LogP contribution in [0.3, 0.4) is 0 Å². The second kappa shape index (κ2) is 6.28. The molecule has 1 fully saturated rings. The van der Waals surface area contributed by atoms with Crippen LogP contribution in [0.5, 0.6) is 11.5 Å². The molecular weight excluding hydrogens is 320 g/mol. The molecular formula is C16H19ClN2O4. The van der Waals surface area contributed by atoms with E-state index in [2.05, 4.69) is 0 Å². The number of hydrogen-bond acceptors (Lipinski definition) is 4. The maximum atomic E-state index is 12.7. The summed E-state index contributed by atoms with van der Waals surface area (Å²) in [5, 5.41) is 0.384. The zero-order chi connectivity index (χ0) is 16.6. The van der Waals surface area contributed by atoms with Gasteiger partial charge in [-0.2, -0.15) is 0 Å². The largest absolute Gasteiger partial charge is 0.454 e. The molecule has 7 heteroatoms. The summed E-state index contributed by atoms with van der Waals surface area (Å²) < 4.78 is 10.6. The van der Waals surface area contributed by atoms with Crippen molar-refractivity contribution >= 4 is 23.4 Å². The first-order valence-corrected chi connectivity index (χ1v) is 7.97. The topological polar surface area (TPSA) is 59.1 Å². The summed E-state index contributed by atoms with van der Waals surface area (Å²) in [5.74, 6) is 0.975. The fourth-order valence-electron chi connectivity index (χ4n) is 2.99. The molecule has 1 saturated heterocycles. The number of nitrogens with zero attached hydrogens (tertiary/aromatic N) is 2. The second-order valence-electron chi connectivity index (χ2n) is 5.85. The van der Waals surface area contributed by atoms with Crippen LogP contribution in [-0.4, -0.2) is 54.6 Å². The third-order valence-corrected chi connectivity index (χ3v) is 4.75. The predicted octanol–water partition coefficient (Wildman–Crippen LogP) is 2.15. The molecule has 23 heavy (non-hydrogen) atoms. The van der Waals surface area contributed by atoms with Crippen molar-refractivity contribution in [1.29, 1.82) is 0 Å². The van der Waals surface area contributed by atoms with Gasteiger partial charge < -0.3 is 19.3 Å². The Labute approximate surface area is 139 Å². The van der Waals surface area contributed by atoms with Gasteiger partial charge in [-0.05, 0) is 25.0 Å². The van der Waals surface area contributed by atoms with E-state index in [0.717, 1.165) is 12.8 Å². The Kier molecular flexibility index (Phi) is 4.35. The lowest BCUT2D eigenvalue weighted by atomic mass is 10.0. The van der Waals surface area contributed by atoms with Gasteiger partial charge in [0.05, 0.1) is 5.02 Å². The molecule has 0 atom stereocenters. The maximum absolute atomic E-state index is 12.7. The van der Waals surface area contributed by atoms with E-state index < -0.39 is 0 Å². The number of rotatable bonds is 2. The molecule has 0 saturated carbocycles. The lowest BCUT2D eigenvalue weighted by Crippen LogP contribution is -2.46. The number of hydrogen-bond donors (Lipinski definition) is 0. The zero-order valence-electron chi connectivity index (χ0n) is 13.2. The van der Waals surface area contributed by atoms with Crippen LogP contribution < -0.4 is 9.47 Å². The molecule has 3 rings (SSSR count). The van der Waals surface area contributed by atoms with Crippen LogP contribution in [0.2, 0.25) is 5.02 Å². The van der Waals surface area contributed by atoms with Gasteiger partial charge in [0.2, 0.25) is 12.7 Å². The summed E-state index contributed by atoms with van der Waals surface area (Å²) in [6.07, 6.45) is 1.56. The molecule has 2 aliphatic heterocycles. The quantitative estimate of drug-likeness (QED) is 0.829. The smallest absolute Gasteiger partial charge is 0.254 e. The Morgan fingerprint density at radius 3 is 2.61 bits per heavy atom. The van der Waals surface area contributed by atoms with Crippen LogP contribution in [0.4, 0.5) is 0 Å². The summed E-state index contributed by atoms with van der Waals surface area (Å²) in [5.41, 5.74) is 0.498. The van der Waals surface area contributed by atoms with E-state index in [9.17, 15) is 9.59 Å². The summed E-state index contributed by atoms with van der Waals surface area (Å²) >= 11 is 6.14. The van der Waals surface area contributed by atoms with Crippen molar-refractivity contribution in [2.45, 2.75) is 25.8 Å². The number of benzene rings is 1. The Morgan fingerprint density at radius 1 is 1.26 bits per heavy atom. The number of fused-ring (bicyclic) bond motifs is 1.